The Kier molecular flexibility index (Phi) is 5.01. The Hall–Kier alpha value is -0.380. The van der Waals surface area contributed by atoms with Crippen molar-refractivity contribution in [2.75, 3.05) is 13.1 Å². The molecule has 2 rings (SSSR count). The molecule has 1 fully saturated rings. The van der Waals surface area contributed by atoms with Gasteiger partial charge >= 0.3 is 0 Å². The predicted octanol–water partition coefficient (Wildman–Crippen LogP) is 3.12. The highest BCUT2D eigenvalue weighted by atomic mass is 32.1. The first-order valence-corrected chi connectivity index (χ1v) is 7.60. The van der Waals surface area contributed by atoms with Crippen LogP contribution in [0.1, 0.15) is 37.5 Å². The van der Waals surface area contributed by atoms with Gasteiger partial charge < -0.3 is 5.11 Å². The van der Waals surface area contributed by atoms with Crippen LogP contribution in [-0.4, -0.2) is 29.2 Å². The first-order chi connectivity index (χ1) is 8.29. The molecule has 1 heterocycles. The second-order valence-electron chi connectivity index (χ2n) is 5.02. The lowest BCUT2D eigenvalue weighted by molar-refractivity contribution is 0.0461. The molecule has 0 aliphatic heterocycles. The lowest BCUT2D eigenvalue weighted by atomic mass is 9.86. The highest BCUT2D eigenvalue weighted by Crippen LogP contribution is 2.25. The van der Waals surface area contributed by atoms with Crippen molar-refractivity contribution in [3.05, 3.63) is 22.4 Å². The Morgan fingerprint density at radius 1 is 1.41 bits per heavy atom. The van der Waals surface area contributed by atoms with Gasteiger partial charge in [-0.2, -0.15) is 0 Å². The molecule has 2 unspecified atom stereocenters. The molecule has 0 amide bonds. The van der Waals surface area contributed by atoms with Crippen LogP contribution in [0, 0.1) is 5.92 Å². The Bertz CT molecular complexity index is 312. The van der Waals surface area contributed by atoms with E-state index in [0.29, 0.717) is 5.92 Å². The molecule has 1 aliphatic carbocycles. The van der Waals surface area contributed by atoms with Gasteiger partial charge in [-0.15, -0.1) is 11.3 Å². The average molecular weight is 253 g/mol. The number of nitrogens with zero attached hydrogens (tertiary/aromatic N) is 1. The summed E-state index contributed by atoms with van der Waals surface area (Å²) in [6.45, 7) is 5.37. The van der Waals surface area contributed by atoms with Crippen molar-refractivity contribution in [3.8, 4) is 0 Å². The number of hydrogen-bond acceptors (Lipinski definition) is 3. The SMILES string of the molecule is CCN(Cc1cccs1)CC1CCCCC1O. The van der Waals surface area contributed by atoms with Gasteiger partial charge in [0.25, 0.3) is 0 Å². The fourth-order valence-electron chi connectivity index (χ4n) is 2.66. The number of aliphatic hydroxyl groups excluding tert-OH is 1. The van der Waals surface area contributed by atoms with Crippen LogP contribution < -0.4 is 0 Å². The molecule has 1 N–H and O–H groups in total. The molecule has 0 aromatic carbocycles. The first-order valence-electron chi connectivity index (χ1n) is 6.72. The number of aliphatic hydroxyl groups is 1. The summed E-state index contributed by atoms with van der Waals surface area (Å²) in [6, 6.07) is 4.31. The van der Waals surface area contributed by atoms with Gasteiger partial charge in [-0.05, 0) is 36.8 Å². The second kappa shape index (κ2) is 6.53. The van der Waals surface area contributed by atoms with Gasteiger partial charge in [0, 0.05) is 18.0 Å². The fraction of sp³-hybridized carbons (Fsp3) is 0.714. The minimum Gasteiger partial charge on any atom is -0.393 e. The smallest absolute Gasteiger partial charge is 0.0580 e. The Balaban J connectivity index is 1.86. The van der Waals surface area contributed by atoms with E-state index in [1.54, 1.807) is 0 Å². The van der Waals surface area contributed by atoms with E-state index in [9.17, 15) is 5.11 Å². The molecule has 1 aromatic heterocycles. The molecule has 0 radical (unpaired) electrons. The number of thiophene rings is 1. The molecule has 1 saturated carbocycles. The molecular formula is C14H23NOS. The number of rotatable bonds is 5. The van der Waals surface area contributed by atoms with E-state index in [1.165, 1.54) is 24.1 Å². The summed E-state index contributed by atoms with van der Waals surface area (Å²) in [5, 5.41) is 12.2. The predicted molar refractivity (Wildman–Crippen MR) is 73.2 cm³/mol. The van der Waals surface area contributed by atoms with Gasteiger partial charge in [0.05, 0.1) is 6.10 Å². The van der Waals surface area contributed by atoms with E-state index in [-0.39, 0.29) is 6.10 Å². The third kappa shape index (κ3) is 3.80. The van der Waals surface area contributed by atoms with Crippen molar-refractivity contribution in [3.63, 3.8) is 0 Å². The monoisotopic (exact) mass is 253 g/mol. The standard InChI is InChI=1S/C14H23NOS/c1-2-15(11-13-7-5-9-17-13)10-12-6-3-4-8-14(12)16/h5,7,9,12,14,16H,2-4,6,8,10-11H2,1H3. The molecule has 3 heteroatoms. The van der Waals surface area contributed by atoms with Crippen molar-refractivity contribution in [2.45, 2.75) is 45.3 Å². The van der Waals surface area contributed by atoms with E-state index in [1.807, 2.05) is 11.3 Å². The van der Waals surface area contributed by atoms with E-state index < -0.39 is 0 Å². The van der Waals surface area contributed by atoms with E-state index in [2.05, 4.69) is 29.3 Å². The van der Waals surface area contributed by atoms with Crippen LogP contribution in [0.2, 0.25) is 0 Å². The highest BCUT2D eigenvalue weighted by Gasteiger charge is 2.24. The van der Waals surface area contributed by atoms with Crippen LogP contribution in [0.3, 0.4) is 0 Å². The van der Waals surface area contributed by atoms with Gasteiger partial charge in [0.2, 0.25) is 0 Å². The lowest BCUT2D eigenvalue weighted by Gasteiger charge is -2.32. The van der Waals surface area contributed by atoms with E-state index >= 15 is 0 Å². The summed E-state index contributed by atoms with van der Waals surface area (Å²) < 4.78 is 0. The third-order valence-electron chi connectivity index (χ3n) is 3.77. The number of hydrogen-bond donors (Lipinski definition) is 1. The topological polar surface area (TPSA) is 23.5 Å². The van der Waals surface area contributed by atoms with Crippen molar-refractivity contribution in [2.24, 2.45) is 5.92 Å². The molecule has 0 bridgehead atoms. The summed E-state index contributed by atoms with van der Waals surface area (Å²) in [4.78, 5) is 3.89. The minimum atomic E-state index is -0.0684. The molecule has 1 aliphatic rings. The lowest BCUT2D eigenvalue weighted by Crippen LogP contribution is -2.36. The summed E-state index contributed by atoms with van der Waals surface area (Å²) in [6.07, 6.45) is 4.62. The molecular weight excluding hydrogens is 230 g/mol. The maximum atomic E-state index is 10.0. The van der Waals surface area contributed by atoms with Crippen LogP contribution in [0.15, 0.2) is 17.5 Å². The summed E-state index contributed by atoms with van der Waals surface area (Å²) >= 11 is 1.83. The fourth-order valence-corrected chi connectivity index (χ4v) is 3.41. The largest absolute Gasteiger partial charge is 0.393 e. The van der Waals surface area contributed by atoms with E-state index in [0.717, 1.165) is 26.1 Å². The second-order valence-corrected chi connectivity index (χ2v) is 6.05. The van der Waals surface area contributed by atoms with Crippen molar-refractivity contribution < 1.29 is 5.11 Å². The van der Waals surface area contributed by atoms with Gasteiger partial charge in [0.1, 0.15) is 0 Å². The van der Waals surface area contributed by atoms with Crippen LogP contribution in [0.5, 0.6) is 0 Å². The van der Waals surface area contributed by atoms with Crippen molar-refractivity contribution >= 4 is 11.3 Å². The normalized spacial score (nSPS) is 25.4. The van der Waals surface area contributed by atoms with Gasteiger partial charge in [-0.25, -0.2) is 0 Å². The Morgan fingerprint density at radius 2 is 2.24 bits per heavy atom. The van der Waals surface area contributed by atoms with Gasteiger partial charge in [-0.3, -0.25) is 4.90 Å². The molecule has 17 heavy (non-hydrogen) atoms. The van der Waals surface area contributed by atoms with Crippen molar-refractivity contribution in [1.82, 2.24) is 4.90 Å². The molecule has 1 aromatic rings. The van der Waals surface area contributed by atoms with Crippen LogP contribution in [0.25, 0.3) is 0 Å². The summed E-state index contributed by atoms with van der Waals surface area (Å²) in [7, 11) is 0. The maximum Gasteiger partial charge on any atom is 0.0580 e. The van der Waals surface area contributed by atoms with Crippen molar-refractivity contribution in [1.29, 1.82) is 0 Å². The van der Waals surface area contributed by atoms with Crippen LogP contribution in [0.4, 0.5) is 0 Å². The van der Waals surface area contributed by atoms with Crippen LogP contribution in [-0.2, 0) is 6.54 Å². The molecule has 0 saturated heterocycles. The van der Waals surface area contributed by atoms with Crippen LogP contribution >= 0.6 is 11.3 Å². The first kappa shape index (κ1) is 13.1. The molecule has 2 nitrogen and oxygen atoms in total. The van der Waals surface area contributed by atoms with Gasteiger partial charge in [0.15, 0.2) is 0 Å². The molecule has 2 atom stereocenters. The minimum absolute atomic E-state index is 0.0684. The Morgan fingerprint density at radius 3 is 2.88 bits per heavy atom. The third-order valence-corrected chi connectivity index (χ3v) is 4.63. The zero-order valence-corrected chi connectivity index (χ0v) is 11.5. The summed E-state index contributed by atoms with van der Waals surface area (Å²) in [5.74, 6) is 0.490. The maximum absolute atomic E-state index is 10.0. The summed E-state index contributed by atoms with van der Waals surface area (Å²) in [5.41, 5.74) is 0. The zero-order valence-electron chi connectivity index (χ0n) is 10.6. The zero-order chi connectivity index (χ0) is 12.1. The molecule has 0 spiro atoms. The van der Waals surface area contributed by atoms with E-state index in [4.69, 9.17) is 0 Å². The molecule has 96 valence electrons. The highest BCUT2D eigenvalue weighted by molar-refractivity contribution is 7.09. The average Bonchev–Trinajstić information content (AvgIpc) is 2.84. The quantitative estimate of drug-likeness (QED) is 0.871. The Labute approximate surface area is 108 Å². The van der Waals surface area contributed by atoms with Gasteiger partial charge in [-0.1, -0.05) is 25.8 Å².